The molecule has 0 heterocycles. The number of nitrogens with one attached hydrogen (secondary N) is 1. The predicted octanol–water partition coefficient (Wildman–Crippen LogP) is 3.63. The third kappa shape index (κ3) is 3.79. The molecule has 1 amide bonds. The van der Waals surface area contributed by atoms with Gasteiger partial charge in [-0.3, -0.25) is 4.79 Å². The zero-order chi connectivity index (χ0) is 15.4. The van der Waals surface area contributed by atoms with Crippen molar-refractivity contribution in [2.45, 2.75) is 20.0 Å². The fraction of sp³-hybridized carbons (Fsp3) is 0.188. The van der Waals surface area contributed by atoms with Crippen LogP contribution in [0, 0.1) is 5.82 Å². The van der Waals surface area contributed by atoms with Crippen molar-refractivity contribution in [1.29, 1.82) is 0 Å². The van der Waals surface area contributed by atoms with E-state index in [9.17, 15) is 14.3 Å². The summed E-state index contributed by atoms with van der Waals surface area (Å²) in [4.78, 5) is 11.1. The maximum Gasteiger partial charge on any atom is 0.221 e. The number of carbonyl (C=O) groups excluding carboxylic acids is 1. The number of para-hydroxylation sites is 2. The lowest BCUT2D eigenvalue weighted by atomic mass is 10.1. The molecule has 0 aliphatic carbocycles. The summed E-state index contributed by atoms with van der Waals surface area (Å²) >= 11 is 0. The van der Waals surface area contributed by atoms with Gasteiger partial charge in [0.25, 0.3) is 0 Å². The summed E-state index contributed by atoms with van der Waals surface area (Å²) in [5, 5.41) is 12.0. The highest BCUT2D eigenvalue weighted by Crippen LogP contribution is 2.31. The first-order valence-electron chi connectivity index (χ1n) is 6.49. The molecule has 2 aromatic rings. The SMILES string of the molecule is CC(=O)Nc1ccccc1Oc1ccc([C@H](C)O)cc1F. The summed E-state index contributed by atoms with van der Waals surface area (Å²) in [7, 11) is 0. The third-order valence-electron chi connectivity index (χ3n) is 2.86. The van der Waals surface area contributed by atoms with Gasteiger partial charge >= 0.3 is 0 Å². The molecule has 0 fully saturated rings. The molecule has 4 nitrogen and oxygen atoms in total. The van der Waals surface area contributed by atoms with Gasteiger partial charge in [-0.2, -0.15) is 0 Å². The molecule has 2 aromatic carbocycles. The van der Waals surface area contributed by atoms with Gasteiger partial charge in [0.05, 0.1) is 11.8 Å². The second-order valence-corrected chi connectivity index (χ2v) is 4.65. The number of hydrogen-bond donors (Lipinski definition) is 2. The van der Waals surface area contributed by atoms with E-state index in [1.165, 1.54) is 19.1 Å². The number of amides is 1. The Morgan fingerprint density at radius 2 is 1.95 bits per heavy atom. The Kier molecular flexibility index (Phi) is 4.55. The molecule has 0 bridgehead atoms. The first-order chi connectivity index (χ1) is 9.97. The van der Waals surface area contributed by atoms with Gasteiger partial charge in [0.2, 0.25) is 5.91 Å². The average Bonchev–Trinajstić information content (AvgIpc) is 2.42. The smallest absolute Gasteiger partial charge is 0.221 e. The fourth-order valence-electron chi connectivity index (χ4n) is 1.83. The Morgan fingerprint density at radius 3 is 2.57 bits per heavy atom. The lowest BCUT2D eigenvalue weighted by molar-refractivity contribution is -0.114. The van der Waals surface area contributed by atoms with Crippen molar-refractivity contribution in [3.63, 3.8) is 0 Å². The first-order valence-corrected chi connectivity index (χ1v) is 6.49. The minimum atomic E-state index is -0.750. The van der Waals surface area contributed by atoms with Crippen LogP contribution in [0.15, 0.2) is 42.5 Å². The number of benzene rings is 2. The summed E-state index contributed by atoms with van der Waals surface area (Å²) in [6.45, 7) is 2.94. The molecule has 110 valence electrons. The Balaban J connectivity index is 2.28. The Morgan fingerprint density at radius 1 is 1.24 bits per heavy atom. The zero-order valence-electron chi connectivity index (χ0n) is 11.8. The summed E-state index contributed by atoms with van der Waals surface area (Å²) in [6.07, 6.45) is -0.750. The van der Waals surface area contributed by atoms with Crippen molar-refractivity contribution in [3.05, 3.63) is 53.8 Å². The van der Waals surface area contributed by atoms with E-state index < -0.39 is 11.9 Å². The molecule has 1 atom stereocenters. The van der Waals surface area contributed by atoms with Gasteiger partial charge in [0, 0.05) is 6.92 Å². The van der Waals surface area contributed by atoms with Crippen molar-refractivity contribution in [3.8, 4) is 11.5 Å². The molecule has 0 spiro atoms. The van der Waals surface area contributed by atoms with Crippen LogP contribution in [-0.4, -0.2) is 11.0 Å². The third-order valence-corrected chi connectivity index (χ3v) is 2.86. The Bertz CT molecular complexity index is 656. The largest absolute Gasteiger partial charge is 0.452 e. The second kappa shape index (κ2) is 6.37. The molecular weight excluding hydrogens is 273 g/mol. The van der Waals surface area contributed by atoms with Crippen LogP contribution in [0.4, 0.5) is 10.1 Å². The zero-order valence-corrected chi connectivity index (χ0v) is 11.8. The van der Waals surface area contributed by atoms with E-state index in [0.29, 0.717) is 17.0 Å². The minimum Gasteiger partial charge on any atom is -0.452 e. The lowest BCUT2D eigenvalue weighted by Gasteiger charge is -2.13. The van der Waals surface area contributed by atoms with Crippen LogP contribution >= 0.6 is 0 Å². The van der Waals surface area contributed by atoms with Gasteiger partial charge in [-0.15, -0.1) is 0 Å². The number of hydrogen-bond acceptors (Lipinski definition) is 3. The maximum atomic E-state index is 14.0. The van der Waals surface area contributed by atoms with E-state index >= 15 is 0 Å². The Hall–Kier alpha value is -2.40. The van der Waals surface area contributed by atoms with Crippen LogP contribution < -0.4 is 10.1 Å². The molecule has 0 saturated carbocycles. The first kappa shape index (κ1) is 15.0. The molecule has 5 heteroatoms. The van der Waals surface area contributed by atoms with E-state index in [2.05, 4.69) is 5.32 Å². The van der Waals surface area contributed by atoms with Gasteiger partial charge in [-0.1, -0.05) is 18.2 Å². The van der Waals surface area contributed by atoms with Crippen LogP contribution in [0.25, 0.3) is 0 Å². The van der Waals surface area contributed by atoms with Crippen LogP contribution in [0.3, 0.4) is 0 Å². The van der Waals surface area contributed by atoms with Crippen molar-refractivity contribution >= 4 is 11.6 Å². The molecule has 0 unspecified atom stereocenters. The van der Waals surface area contributed by atoms with Crippen LogP contribution in [0.5, 0.6) is 11.5 Å². The van der Waals surface area contributed by atoms with E-state index in [1.807, 2.05) is 0 Å². The number of rotatable bonds is 4. The van der Waals surface area contributed by atoms with E-state index in [4.69, 9.17) is 4.74 Å². The monoisotopic (exact) mass is 289 g/mol. The normalized spacial score (nSPS) is 11.8. The number of carbonyl (C=O) groups is 1. The highest BCUT2D eigenvalue weighted by atomic mass is 19.1. The van der Waals surface area contributed by atoms with Crippen molar-refractivity contribution in [2.75, 3.05) is 5.32 Å². The maximum absolute atomic E-state index is 14.0. The van der Waals surface area contributed by atoms with Crippen molar-refractivity contribution < 1.29 is 19.0 Å². The molecule has 0 aliphatic rings. The number of aliphatic hydroxyl groups is 1. The quantitative estimate of drug-likeness (QED) is 0.903. The highest BCUT2D eigenvalue weighted by Gasteiger charge is 2.11. The van der Waals surface area contributed by atoms with Gasteiger partial charge in [-0.25, -0.2) is 4.39 Å². The van der Waals surface area contributed by atoms with Gasteiger partial charge in [0.15, 0.2) is 17.3 Å². The van der Waals surface area contributed by atoms with E-state index in [1.54, 1.807) is 37.3 Å². The fourth-order valence-corrected chi connectivity index (χ4v) is 1.83. The topological polar surface area (TPSA) is 58.6 Å². The molecule has 0 saturated heterocycles. The summed E-state index contributed by atoms with van der Waals surface area (Å²) in [5.74, 6) is -0.449. The van der Waals surface area contributed by atoms with E-state index in [-0.39, 0.29) is 11.7 Å². The van der Waals surface area contributed by atoms with Gasteiger partial charge < -0.3 is 15.2 Å². The van der Waals surface area contributed by atoms with Crippen molar-refractivity contribution in [1.82, 2.24) is 0 Å². The van der Waals surface area contributed by atoms with Crippen LogP contribution in [0.2, 0.25) is 0 Å². The number of ether oxygens (including phenoxy) is 1. The Labute approximate surface area is 122 Å². The van der Waals surface area contributed by atoms with Crippen LogP contribution in [-0.2, 0) is 4.79 Å². The molecular formula is C16H16FNO3. The predicted molar refractivity (Wildman–Crippen MR) is 77.9 cm³/mol. The number of halogens is 1. The van der Waals surface area contributed by atoms with Gasteiger partial charge in [0.1, 0.15) is 0 Å². The second-order valence-electron chi connectivity index (χ2n) is 4.65. The molecule has 0 aromatic heterocycles. The van der Waals surface area contributed by atoms with Gasteiger partial charge in [-0.05, 0) is 36.8 Å². The molecule has 21 heavy (non-hydrogen) atoms. The molecule has 2 rings (SSSR count). The standard InChI is InChI=1S/C16H16FNO3/c1-10(19)12-7-8-15(13(17)9-12)21-16-6-4-3-5-14(16)18-11(2)20/h3-10,19H,1-2H3,(H,18,20)/t10-/m0/s1. The molecule has 0 radical (unpaired) electrons. The minimum absolute atomic E-state index is 0.0252. The average molecular weight is 289 g/mol. The molecule has 2 N–H and O–H groups in total. The van der Waals surface area contributed by atoms with Crippen LogP contribution in [0.1, 0.15) is 25.5 Å². The summed E-state index contributed by atoms with van der Waals surface area (Å²) < 4.78 is 19.5. The lowest BCUT2D eigenvalue weighted by Crippen LogP contribution is -2.07. The molecule has 0 aliphatic heterocycles. The highest BCUT2D eigenvalue weighted by molar-refractivity contribution is 5.90. The van der Waals surface area contributed by atoms with E-state index in [0.717, 1.165) is 0 Å². The number of anilines is 1. The summed E-state index contributed by atoms with van der Waals surface area (Å²) in [5.41, 5.74) is 0.930. The number of aliphatic hydroxyl groups excluding tert-OH is 1. The summed E-state index contributed by atoms with van der Waals surface area (Å²) in [6, 6.07) is 11.0. The van der Waals surface area contributed by atoms with Crippen molar-refractivity contribution in [2.24, 2.45) is 0 Å².